The van der Waals surface area contributed by atoms with Crippen molar-refractivity contribution in [1.82, 2.24) is 14.9 Å². The minimum Gasteiger partial charge on any atom is -0.354 e. The molecule has 1 heterocycles. The van der Waals surface area contributed by atoms with E-state index in [1.165, 1.54) is 0 Å². The molecule has 0 aliphatic rings. The molecule has 0 saturated carbocycles. The number of hydrogen-bond donors (Lipinski definition) is 1. The molecule has 0 fully saturated rings. The maximum atomic E-state index is 12.6. The summed E-state index contributed by atoms with van der Waals surface area (Å²) in [5.74, 6) is 0.665. The molecule has 7 heteroatoms. The molecule has 3 rings (SSSR count). The van der Waals surface area contributed by atoms with Gasteiger partial charge in [0, 0.05) is 18.0 Å². The van der Waals surface area contributed by atoms with E-state index in [9.17, 15) is 4.79 Å². The lowest BCUT2D eigenvalue weighted by atomic mass is 10.1. The van der Waals surface area contributed by atoms with Gasteiger partial charge in [0.05, 0.1) is 21.1 Å². The smallest absolute Gasteiger partial charge is 0.242 e. The highest BCUT2D eigenvalue weighted by Crippen LogP contribution is 2.31. The zero-order chi connectivity index (χ0) is 19.6. The lowest BCUT2D eigenvalue weighted by molar-refractivity contribution is -0.123. The predicted molar refractivity (Wildman–Crippen MR) is 112 cm³/mol. The number of nitrogens with zero attached hydrogens (tertiary/aromatic N) is 2. The largest absolute Gasteiger partial charge is 0.354 e. The van der Waals surface area contributed by atoms with Crippen LogP contribution < -0.4 is 5.32 Å². The van der Waals surface area contributed by atoms with Crippen molar-refractivity contribution in [3.05, 3.63) is 62.9 Å². The van der Waals surface area contributed by atoms with Gasteiger partial charge in [0.25, 0.3) is 0 Å². The molecule has 2 aromatic carbocycles. The van der Waals surface area contributed by atoms with Gasteiger partial charge >= 0.3 is 0 Å². The average Bonchev–Trinajstić information content (AvgIpc) is 2.98. The third-order valence-corrected chi connectivity index (χ3v) is 5.52. The zero-order valence-electron chi connectivity index (χ0n) is 15.1. The summed E-state index contributed by atoms with van der Waals surface area (Å²) in [7, 11) is 0. The molecule has 142 valence electrons. The molecule has 0 aliphatic heterocycles. The van der Waals surface area contributed by atoms with Crippen molar-refractivity contribution >= 4 is 51.7 Å². The van der Waals surface area contributed by atoms with Crippen LogP contribution in [0.5, 0.6) is 0 Å². The first-order valence-electron chi connectivity index (χ1n) is 8.79. The van der Waals surface area contributed by atoms with E-state index in [2.05, 4.69) is 5.32 Å². The van der Waals surface area contributed by atoms with Crippen LogP contribution >= 0.6 is 34.8 Å². The number of carbonyl (C=O) groups excluding carboxylic acids is 1. The second-order valence-corrected chi connectivity index (χ2v) is 7.61. The molecule has 0 aliphatic carbocycles. The van der Waals surface area contributed by atoms with Crippen LogP contribution in [0.2, 0.25) is 15.1 Å². The molecular formula is C20H20Cl3N3O. The second kappa shape index (κ2) is 8.51. The number of aromatic nitrogens is 2. The van der Waals surface area contributed by atoms with E-state index in [0.717, 1.165) is 23.3 Å². The maximum absolute atomic E-state index is 12.6. The molecule has 3 aromatic rings. The van der Waals surface area contributed by atoms with Gasteiger partial charge in [-0.15, -0.1) is 0 Å². The Morgan fingerprint density at radius 2 is 1.85 bits per heavy atom. The fourth-order valence-corrected chi connectivity index (χ4v) is 3.54. The third kappa shape index (κ3) is 4.23. The van der Waals surface area contributed by atoms with E-state index < -0.39 is 6.04 Å². The molecule has 0 saturated heterocycles. The quantitative estimate of drug-likeness (QED) is 0.554. The monoisotopic (exact) mass is 423 g/mol. The Kier molecular flexibility index (Phi) is 6.30. The Hall–Kier alpha value is -1.75. The normalized spacial score (nSPS) is 12.3. The lowest BCUT2D eigenvalue weighted by Crippen LogP contribution is -2.32. The highest BCUT2D eigenvalue weighted by Gasteiger charge is 2.22. The number of hydrogen-bond acceptors (Lipinski definition) is 2. The highest BCUT2D eigenvalue weighted by atomic mass is 35.5. The first-order valence-corrected chi connectivity index (χ1v) is 9.92. The van der Waals surface area contributed by atoms with Crippen LogP contribution in [0.3, 0.4) is 0 Å². The minimum atomic E-state index is -0.448. The van der Waals surface area contributed by atoms with E-state index in [-0.39, 0.29) is 5.91 Å². The number of fused-ring (bicyclic) bond motifs is 1. The van der Waals surface area contributed by atoms with Gasteiger partial charge in [-0.1, -0.05) is 59.9 Å². The number of imidazole rings is 1. The number of amides is 1. The summed E-state index contributed by atoms with van der Waals surface area (Å²) < 4.78 is 1.91. The number of rotatable bonds is 6. The summed E-state index contributed by atoms with van der Waals surface area (Å²) in [4.78, 5) is 17.3. The molecule has 1 amide bonds. The van der Waals surface area contributed by atoms with Gasteiger partial charge in [-0.3, -0.25) is 4.79 Å². The zero-order valence-corrected chi connectivity index (χ0v) is 17.4. The van der Waals surface area contributed by atoms with Crippen LogP contribution in [0.15, 0.2) is 36.4 Å². The number of benzene rings is 2. The van der Waals surface area contributed by atoms with Gasteiger partial charge in [-0.05, 0) is 37.1 Å². The first-order chi connectivity index (χ1) is 12.9. The van der Waals surface area contributed by atoms with Crippen LogP contribution in [-0.4, -0.2) is 22.0 Å². The topological polar surface area (TPSA) is 46.9 Å². The minimum absolute atomic E-state index is 0.0670. The fourth-order valence-electron chi connectivity index (χ4n) is 3.02. The van der Waals surface area contributed by atoms with Crippen molar-refractivity contribution in [1.29, 1.82) is 0 Å². The van der Waals surface area contributed by atoms with Gasteiger partial charge in [0.1, 0.15) is 11.9 Å². The molecule has 0 spiro atoms. The Bertz CT molecular complexity index is 984. The van der Waals surface area contributed by atoms with E-state index in [4.69, 9.17) is 39.8 Å². The van der Waals surface area contributed by atoms with Crippen LogP contribution in [0.4, 0.5) is 0 Å². The molecule has 4 nitrogen and oxygen atoms in total. The summed E-state index contributed by atoms with van der Waals surface area (Å²) >= 11 is 18.7. The number of nitrogens with one attached hydrogen (secondary N) is 1. The molecule has 1 atom stereocenters. The SMILES string of the molecule is CCCNC(=O)C(C)n1c(Cc2ccccc2Cl)nc2cc(Cl)c(Cl)cc21. The second-order valence-electron chi connectivity index (χ2n) is 6.39. The molecule has 27 heavy (non-hydrogen) atoms. The van der Waals surface area contributed by atoms with Crippen molar-refractivity contribution < 1.29 is 4.79 Å². The summed E-state index contributed by atoms with van der Waals surface area (Å²) in [6, 6.07) is 10.6. The van der Waals surface area contributed by atoms with E-state index in [1.54, 1.807) is 12.1 Å². The van der Waals surface area contributed by atoms with Gasteiger partial charge in [-0.2, -0.15) is 0 Å². The van der Waals surface area contributed by atoms with Crippen molar-refractivity contribution in [2.45, 2.75) is 32.7 Å². The van der Waals surface area contributed by atoms with E-state index >= 15 is 0 Å². The van der Waals surface area contributed by atoms with Crippen LogP contribution in [0.25, 0.3) is 11.0 Å². The number of carbonyl (C=O) groups is 1. The molecule has 0 bridgehead atoms. The van der Waals surface area contributed by atoms with Crippen LogP contribution in [0.1, 0.15) is 37.7 Å². The van der Waals surface area contributed by atoms with Gasteiger partial charge < -0.3 is 9.88 Å². The van der Waals surface area contributed by atoms with Crippen molar-refractivity contribution in [2.75, 3.05) is 6.54 Å². The lowest BCUT2D eigenvalue weighted by Gasteiger charge is -2.18. The average molecular weight is 425 g/mol. The van der Waals surface area contributed by atoms with Gasteiger partial charge in [0.2, 0.25) is 5.91 Å². The Morgan fingerprint density at radius 3 is 2.56 bits per heavy atom. The Labute approximate surface area is 173 Å². The maximum Gasteiger partial charge on any atom is 0.242 e. The predicted octanol–water partition coefficient (Wildman–Crippen LogP) is 5.67. The fraction of sp³-hybridized carbons (Fsp3) is 0.300. The molecular weight excluding hydrogens is 405 g/mol. The molecule has 1 unspecified atom stereocenters. The summed E-state index contributed by atoms with van der Waals surface area (Å²) in [5, 5.41) is 4.46. The standard InChI is InChI=1S/C20H20Cl3N3O/c1-3-8-24-20(27)12(2)26-18-11-16(23)15(22)10-17(18)25-19(26)9-13-6-4-5-7-14(13)21/h4-7,10-12H,3,8-9H2,1-2H3,(H,24,27). The molecule has 0 radical (unpaired) electrons. The van der Waals surface area contributed by atoms with E-state index in [1.807, 2.05) is 42.7 Å². The summed E-state index contributed by atoms with van der Waals surface area (Å²) in [5.41, 5.74) is 2.40. The Morgan fingerprint density at radius 1 is 1.15 bits per heavy atom. The van der Waals surface area contributed by atoms with Crippen LogP contribution in [-0.2, 0) is 11.2 Å². The number of halogens is 3. The Balaban J connectivity index is 2.11. The summed E-state index contributed by atoms with van der Waals surface area (Å²) in [6.07, 6.45) is 1.37. The van der Waals surface area contributed by atoms with Crippen molar-refractivity contribution in [3.63, 3.8) is 0 Å². The summed E-state index contributed by atoms with van der Waals surface area (Å²) in [6.45, 7) is 4.50. The first kappa shape index (κ1) is 20.0. The third-order valence-electron chi connectivity index (χ3n) is 4.43. The van der Waals surface area contributed by atoms with E-state index in [0.29, 0.717) is 33.6 Å². The highest BCUT2D eigenvalue weighted by molar-refractivity contribution is 6.42. The van der Waals surface area contributed by atoms with Crippen molar-refractivity contribution in [2.24, 2.45) is 0 Å². The van der Waals surface area contributed by atoms with Crippen molar-refractivity contribution in [3.8, 4) is 0 Å². The molecule has 1 aromatic heterocycles. The molecule has 1 N–H and O–H groups in total. The van der Waals surface area contributed by atoms with Gasteiger partial charge in [-0.25, -0.2) is 4.98 Å². The van der Waals surface area contributed by atoms with Gasteiger partial charge in [0.15, 0.2) is 0 Å². The van der Waals surface area contributed by atoms with Crippen LogP contribution in [0, 0.1) is 0 Å².